The molecule has 0 radical (unpaired) electrons. The standard InChI is InChI=1S/C13H29NO5/c1-4-17-13(18-5-2,19-6-3)7-8-14(9-11-15)10-12-16/h15-16H,4-12H2,1-3H3. The quantitative estimate of drug-likeness (QED) is 0.476. The molecule has 6 nitrogen and oxygen atoms in total. The van der Waals surface area contributed by atoms with Crippen LogP contribution in [0.5, 0.6) is 0 Å². The van der Waals surface area contributed by atoms with Crippen LogP contribution in [0, 0.1) is 0 Å². The maximum Gasteiger partial charge on any atom is 0.284 e. The third-order valence-corrected chi connectivity index (χ3v) is 2.66. The van der Waals surface area contributed by atoms with Crippen molar-refractivity contribution in [2.24, 2.45) is 0 Å². The van der Waals surface area contributed by atoms with E-state index in [1.165, 1.54) is 0 Å². The molecular formula is C13H29NO5. The Kier molecular flexibility index (Phi) is 11.4. The first-order valence-corrected chi connectivity index (χ1v) is 7.03. The average Bonchev–Trinajstić information content (AvgIpc) is 2.37. The lowest BCUT2D eigenvalue weighted by atomic mass is 10.3. The van der Waals surface area contributed by atoms with E-state index >= 15 is 0 Å². The molecule has 0 saturated carbocycles. The second-order valence-corrected chi connectivity index (χ2v) is 4.02. The van der Waals surface area contributed by atoms with Crippen LogP contribution in [0.15, 0.2) is 0 Å². The van der Waals surface area contributed by atoms with Crippen LogP contribution in [0.1, 0.15) is 27.2 Å². The zero-order valence-electron chi connectivity index (χ0n) is 12.4. The maximum atomic E-state index is 8.99. The van der Waals surface area contributed by atoms with Crippen molar-refractivity contribution in [2.45, 2.75) is 33.2 Å². The van der Waals surface area contributed by atoms with E-state index in [9.17, 15) is 0 Å². The van der Waals surface area contributed by atoms with Crippen molar-refractivity contribution in [2.75, 3.05) is 52.7 Å². The Morgan fingerprint density at radius 2 is 1.21 bits per heavy atom. The van der Waals surface area contributed by atoms with Gasteiger partial charge in [-0.1, -0.05) is 0 Å². The van der Waals surface area contributed by atoms with E-state index < -0.39 is 5.97 Å². The normalized spacial score (nSPS) is 12.3. The van der Waals surface area contributed by atoms with E-state index in [0.717, 1.165) is 0 Å². The molecule has 0 spiro atoms. The number of aliphatic hydroxyl groups is 2. The van der Waals surface area contributed by atoms with Gasteiger partial charge >= 0.3 is 0 Å². The summed E-state index contributed by atoms with van der Waals surface area (Å²) in [5.74, 6) is -1.03. The minimum Gasteiger partial charge on any atom is -0.395 e. The lowest BCUT2D eigenvalue weighted by Crippen LogP contribution is -2.43. The van der Waals surface area contributed by atoms with Crippen molar-refractivity contribution in [1.82, 2.24) is 4.90 Å². The van der Waals surface area contributed by atoms with Crippen LogP contribution in [0.3, 0.4) is 0 Å². The van der Waals surface area contributed by atoms with Crippen LogP contribution in [-0.2, 0) is 14.2 Å². The molecule has 0 aliphatic heterocycles. The predicted molar refractivity (Wildman–Crippen MR) is 72.8 cm³/mol. The Balaban J connectivity index is 4.49. The van der Waals surface area contributed by atoms with Crippen molar-refractivity contribution < 1.29 is 24.4 Å². The average molecular weight is 279 g/mol. The van der Waals surface area contributed by atoms with Gasteiger partial charge in [-0.05, 0) is 20.8 Å². The molecule has 0 aromatic heterocycles. The number of hydrogen-bond donors (Lipinski definition) is 2. The van der Waals surface area contributed by atoms with Crippen LogP contribution in [0.25, 0.3) is 0 Å². The van der Waals surface area contributed by atoms with Gasteiger partial charge in [0.15, 0.2) is 0 Å². The van der Waals surface area contributed by atoms with Gasteiger partial charge in [-0.25, -0.2) is 0 Å². The summed E-state index contributed by atoms with van der Waals surface area (Å²) >= 11 is 0. The van der Waals surface area contributed by atoms with Gasteiger partial charge in [-0.15, -0.1) is 0 Å². The van der Waals surface area contributed by atoms with Crippen LogP contribution < -0.4 is 0 Å². The van der Waals surface area contributed by atoms with E-state index in [2.05, 4.69) is 0 Å². The third-order valence-electron chi connectivity index (χ3n) is 2.66. The number of hydrogen-bond acceptors (Lipinski definition) is 6. The maximum absolute atomic E-state index is 8.99. The predicted octanol–water partition coefficient (Wildman–Crippen LogP) is 0.426. The van der Waals surface area contributed by atoms with Gasteiger partial charge in [0, 0.05) is 45.9 Å². The molecule has 116 valence electrons. The lowest BCUT2D eigenvalue weighted by molar-refractivity contribution is -0.380. The molecule has 0 aliphatic carbocycles. The van der Waals surface area contributed by atoms with Crippen LogP contribution >= 0.6 is 0 Å². The highest BCUT2D eigenvalue weighted by atomic mass is 16.9. The third kappa shape index (κ3) is 7.81. The first kappa shape index (κ1) is 18.8. The minimum atomic E-state index is -1.03. The molecule has 6 heteroatoms. The van der Waals surface area contributed by atoms with Crippen LogP contribution in [0.2, 0.25) is 0 Å². The molecule has 0 atom stereocenters. The topological polar surface area (TPSA) is 71.4 Å². The largest absolute Gasteiger partial charge is 0.395 e. The Morgan fingerprint density at radius 3 is 1.53 bits per heavy atom. The van der Waals surface area contributed by atoms with Crippen LogP contribution in [-0.4, -0.2) is 73.8 Å². The number of rotatable bonds is 13. The van der Waals surface area contributed by atoms with Gasteiger partial charge in [0.05, 0.1) is 13.2 Å². The molecule has 0 saturated heterocycles. The number of ether oxygens (including phenoxy) is 3. The van der Waals surface area contributed by atoms with Crippen molar-refractivity contribution >= 4 is 0 Å². The second kappa shape index (κ2) is 11.6. The Bertz CT molecular complexity index is 180. The van der Waals surface area contributed by atoms with Gasteiger partial charge in [-0.3, -0.25) is 4.90 Å². The highest BCUT2D eigenvalue weighted by Gasteiger charge is 2.32. The molecule has 0 heterocycles. The highest BCUT2D eigenvalue weighted by Crippen LogP contribution is 2.20. The summed E-state index contributed by atoms with van der Waals surface area (Å²) in [6, 6.07) is 0. The second-order valence-electron chi connectivity index (χ2n) is 4.02. The van der Waals surface area contributed by atoms with Crippen LogP contribution in [0.4, 0.5) is 0 Å². The molecular weight excluding hydrogens is 250 g/mol. The first-order chi connectivity index (χ1) is 9.17. The zero-order chi connectivity index (χ0) is 14.6. The van der Waals surface area contributed by atoms with E-state index in [0.29, 0.717) is 45.9 Å². The number of aliphatic hydroxyl groups excluding tert-OH is 2. The van der Waals surface area contributed by atoms with E-state index in [1.807, 2.05) is 25.7 Å². The van der Waals surface area contributed by atoms with E-state index in [1.54, 1.807) is 0 Å². The number of nitrogens with zero attached hydrogens (tertiary/aromatic N) is 1. The summed E-state index contributed by atoms with van der Waals surface area (Å²) in [7, 11) is 0. The molecule has 2 N–H and O–H groups in total. The fourth-order valence-electron chi connectivity index (χ4n) is 1.91. The van der Waals surface area contributed by atoms with Crippen molar-refractivity contribution in [3.8, 4) is 0 Å². The molecule has 0 bridgehead atoms. The van der Waals surface area contributed by atoms with Crippen molar-refractivity contribution in [3.05, 3.63) is 0 Å². The van der Waals surface area contributed by atoms with Gasteiger partial charge in [-0.2, -0.15) is 0 Å². The molecule has 0 rings (SSSR count). The van der Waals surface area contributed by atoms with Gasteiger partial charge in [0.1, 0.15) is 0 Å². The van der Waals surface area contributed by atoms with Crippen molar-refractivity contribution in [1.29, 1.82) is 0 Å². The Morgan fingerprint density at radius 1 is 0.789 bits per heavy atom. The van der Waals surface area contributed by atoms with Gasteiger partial charge in [0.2, 0.25) is 0 Å². The SMILES string of the molecule is CCOC(CCN(CCO)CCO)(OCC)OCC. The van der Waals surface area contributed by atoms with Gasteiger partial charge < -0.3 is 24.4 Å². The van der Waals surface area contributed by atoms with E-state index in [4.69, 9.17) is 24.4 Å². The van der Waals surface area contributed by atoms with Gasteiger partial charge in [0.25, 0.3) is 5.97 Å². The Labute approximate surface area is 116 Å². The fourth-order valence-corrected chi connectivity index (χ4v) is 1.91. The lowest BCUT2D eigenvalue weighted by Gasteiger charge is -2.34. The minimum absolute atomic E-state index is 0.0604. The molecule has 0 unspecified atom stereocenters. The summed E-state index contributed by atoms with van der Waals surface area (Å²) < 4.78 is 16.9. The molecule has 0 fully saturated rings. The molecule has 0 aliphatic rings. The zero-order valence-corrected chi connectivity index (χ0v) is 12.4. The van der Waals surface area contributed by atoms with E-state index in [-0.39, 0.29) is 13.2 Å². The molecule has 0 amide bonds. The summed E-state index contributed by atoms with van der Waals surface area (Å²) in [5, 5.41) is 18.0. The van der Waals surface area contributed by atoms with Crippen molar-refractivity contribution in [3.63, 3.8) is 0 Å². The summed E-state index contributed by atoms with van der Waals surface area (Å²) in [4.78, 5) is 1.95. The summed E-state index contributed by atoms with van der Waals surface area (Å²) in [6.45, 7) is 8.96. The monoisotopic (exact) mass is 279 g/mol. The molecule has 0 aromatic carbocycles. The molecule has 0 aromatic rings. The summed E-state index contributed by atoms with van der Waals surface area (Å²) in [6.07, 6.45) is 0.530. The highest BCUT2D eigenvalue weighted by molar-refractivity contribution is 4.64. The fraction of sp³-hybridized carbons (Fsp3) is 1.00. The first-order valence-electron chi connectivity index (χ1n) is 7.03. The Hall–Kier alpha value is -0.240. The summed E-state index contributed by atoms with van der Waals surface area (Å²) in [5.41, 5.74) is 0. The molecule has 19 heavy (non-hydrogen) atoms. The smallest absolute Gasteiger partial charge is 0.284 e.